The number of carbonyl (C=O) groups is 2. The van der Waals surface area contributed by atoms with Crippen molar-refractivity contribution in [3.8, 4) is 0 Å². The summed E-state index contributed by atoms with van der Waals surface area (Å²) in [6, 6.07) is 12.1. The molecule has 0 saturated carbocycles. The number of nitrogens with one attached hydrogen (secondary N) is 1. The molecule has 1 N–H and O–H groups in total. The highest BCUT2D eigenvalue weighted by Gasteiger charge is 2.21. The summed E-state index contributed by atoms with van der Waals surface area (Å²) in [5.74, 6) is -1.14. The molecule has 3 aromatic rings. The summed E-state index contributed by atoms with van der Waals surface area (Å²) in [6.07, 6.45) is 0. The molecule has 0 atom stereocenters. The summed E-state index contributed by atoms with van der Waals surface area (Å²) in [7, 11) is 0. The first-order valence-electron chi connectivity index (χ1n) is 7.05. The molecule has 0 aliphatic heterocycles. The van der Waals surface area contributed by atoms with Gasteiger partial charge in [0.2, 0.25) is 0 Å². The molecule has 1 amide bonds. The third-order valence-electron chi connectivity index (χ3n) is 3.23. The van der Waals surface area contributed by atoms with Crippen molar-refractivity contribution in [3.63, 3.8) is 0 Å². The van der Waals surface area contributed by atoms with Crippen molar-refractivity contribution in [1.29, 1.82) is 0 Å². The number of fused-ring (bicyclic) bond motifs is 1. The lowest BCUT2D eigenvalue weighted by Crippen LogP contribution is -2.20. The average molecular weight is 415 g/mol. The fraction of sp³-hybridized carbons (Fsp3) is 0.0588. The van der Waals surface area contributed by atoms with Crippen LogP contribution >= 0.6 is 46.1 Å². The number of carbonyl (C=O) groups excluding carboxylic acids is 2. The molecule has 0 aliphatic carbocycles. The molecule has 0 unspecified atom stereocenters. The fourth-order valence-corrected chi connectivity index (χ4v) is 4.42. The first-order valence-corrected chi connectivity index (χ1v) is 9.00. The second-order valence-electron chi connectivity index (χ2n) is 5.00. The van der Waals surface area contributed by atoms with Crippen LogP contribution in [0.25, 0.3) is 10.1 Å². The van der Waals surface area contributed by atoms with E-state index in [1.54, 1.807) is 36.4 Å². The number of anilines is 1. The molecule has 0 fully saturated rings. The Balaban J connectivity index is 1.71. The van der Waals surface area contributed by atoms with Crippen LogP contribution in [0.2, 0.25) is 15.1 Å². The molecule has 3 rings (SSSR count). The number of halogens is 3. The van der Waals surface area contributed by atoms with Crippen LogP contribution in [0.1, 0.15) is 9.67 Å². The third-order valence-corrected chi connectivity index (χ3v) is 5.35. The molecule has 0 spiro atoms. The number of amides is 1. The van der Waals surface area contributed by atoms with E-state index in [4.69, 9.17) is 39.5 Å². The Morgan fingerprint density at radius 2 is 1.80 bits per heavy atom. The third kappa shape index (κ3) is 4.07. The Bertz CT molecular complexity index is 957. The van der Waals surface area contributed by atoms with Gasteiger partial charge in [-0.2, -0.15) is 0 Å². The minimum Gasteiger partial charge on any atom is -0.451 e. The van der Waals surface area contributed by atoms with Gasteiger partial charge in [0.05, 0.1) is 10.0 Å². The van der Waals surface area contributed by atoms with E-state index >= 15 is 0 Å². The highest BCUT2D eigenvalue weighted by molar-refractivity contribution is 7.21. The molecule has 0 bridgehead atoms. The maximum atomic E-state index is 12.2. The van der Waals surface area contributed by atoms with Crippen molar-refractivity contribution in [2.24, 2.45) is 0 Å². The van der Waals surface area contributed by atoms with Gasteiger partial charge in [0.25, 0.3) is 5.91 Å². The van der Waals surface area contributed by atoms with E-state index < -0.39 is 18.5 Å². The van der Waals surface area contributed by atoms with Crippen molar-refractivity contribution in [3.05, 3.63) is 62.4 Å². The summed E-state index contributed by atoms with van der Waals surface area (Å²) in [6.45, 7) is -0.424. The predicted octanol–water partition coefficient (Wildman–Crippen LogP) is 5.66. The monoisotopic (exact) mass is 413 g/mol. The van der Waals surface area contributed by atoms with Gasteiger partial charge in [-0.1, -0.05) is 53.0 Å². The van der Waals surface area contributed by atoms with Crippen LogP contribution in [0.3, 0.4) is 0 Å². The highest BCUT2D eigenvalue weighted by atomic mass is 35.5. The van der Waals surface area contributed by atoms with Crippen LogP contribution in [0.5, 0.6) is 0 Å². The number of ether oxygens (including phenoxy) is 1. The zero-order chi connectivity index (χ0) is 18.0. The number of benzene rings is 2. The molecule has 4 nitrogen and oxygen atoms in total. The van der Waals surface area contributed by atoms with Crippen LogP contribution in [0.4, 0.5) is 5.69 Å². The topological polar surface area (TPSA) is 55.4 Å². The zero-order valence-electron chi connectivity index (χ0n) is 12.5. The van der Waals surface area contributed by atoms with Crippen molar-refractivity contribution in [2.75, 3.05) is 11.9 Å². The van der Waals surface area contributed by atoms with E-state index in [9.17, 15) is 9.59 Å². The van der Waals surface area contributed by atoms with E-state index in [1.807, 2.05) is 6.07 Å². The van der Waals surface area contributed by atoms with E-state index in [1.165, 1.54) is 0 Å². The molecule has 8 heteroatoms. The van der Waals surface area contributed by atoms with E-state index in [2.05, 4.69) is 5.32 Å². The quantitative estimate of drug-likeness (QED) is 0.561. The minimum absolute atomic E-state index is 0.174. The van der Waals surface area contributed by atoms with Crippen LogP contribution < -0.4 is 5.32 Å². The van der Waals surface area contributed by atoms with Crippen molar-refractivity contribution in [2.45, 2.75) is 0 Å². The number of para-hydroxylation sites is 1. The molecule has 1 heterocycles. The number of esters is 1. The maximum absolute atomic E-state index is 12.2. The molecule has 0 aliphatic rings. The summed E-state index contributed by atoms with van der Waals surface area (Å²) >= 11 is 19.4. The SMILES string of the molecule is O=C(COC(=O)c1sc2cc(Cl)cc(Cl)c2c1Cl)Nc1ccccc1. The second kappa shape index (κ2) is 7.62. The van der Waals surface area contributed by atoms with Gasteiger partial charge in [0.15, 0.2) is 6.61 Å². The first kappa shape index (κ1) is 18.0. The largest absolute Gasteiger partial charge is 0.451 e. The number of rotatable bonds is 4. The van der Waals surface area contributed by atoms with Gasteiger partial charge >= 0.3 is 5.97 Å². The molecule has 0 saturated heterocycles. The van der Waals surface area contributed by atoms with E-state index in [0.29, 0.717) is 25.8 Å². The normalized spacial score (nSPS) is 10.7. The van der Waals surface area contributed by atoms with Gasteiger partial charge in [-0.05, 0) is 24.3 Å². The summed E-state index contributed by atoms with van der Waals surface area (Å²) in [4.78, 5) is 24.3. The van der Waals surface area contributed by atoms with Gasteiger partial charge in [-0.3, -0.25) is 4.79 Å². The lowest BCUT2D eigenvalue weighted by atomic mass is 10.2. The van der Waals surface area contributed by atoms with Gasteiger partial charge in [-0.25, -0.2) is 4.79 Å². The highest BCUT2D eigenvalue weighted by Crippen LogP contribution is 2.41. The van der Waals surface area contributed by atoms with Crippen LogP contribution in [-0.2, 0) is 9.53 Å². The maximum Gasteiger partial charge on any atom is 0.350 e. The van der Waals surface area contributed by atoms with Crippen molar-refractivity contribution in [1.82, 2.24) is 0 Å². The molecule has 0 radical (unpaired) electrons. The molecule has 1 aromatic heterocycles. The standard InChI is InChI=1S/C17H10Cl3NO3S/c18-9-6-11(19)14-12(7-9)25-16(15(14)20)17(23)24-8-13(22)21-10-4-2-1-3-5-10/h1-7H,8H2,(H,21,22). The Kier molecular flexibility index (Phi) is 5.49. The number of hydrogen-bond donors (Lipinski definition) is 1. The molecular formula is C17H10Cl3NO3S. The van der Waals surface area contributed by atoms with Crippen molar-refractivity contribution < 1.29 is 14.3 Å². The smallest absolute Gasteiger partial charge is 0.350 e. The van der Waals surface area contributed by atoms with Crippen LogP contribution in [0.15, 0.2) is 42.5 Å². The summed E-state index contributed by atoms with van der Waals surface area (Å²) in [5, 5.41) is 4.15. The first-order chi connectivity index (χ1) is 12.0. The van der Waals surface area contributed by atoms with Gasteiger partial charge in [-0.15, -0.1) is 11.3 Å². The average Bonchev–Trinajstić information content (AvgIpc) is 2.90. The minimum atomic E-state index is -0.693. The van der Waals surface area contributed by atoms with E-state index in [0.717, 1.165) is 11.3 Å². The lowest BCUT2D eigenvalue weighted by molar-refractivity contribution is -0.119. The predicted molar refractivity (Wildman–Crippen MR) is 102 cm³/mol. The molecule has 2 aromatic carbocycles. The van der Waals surface area contributed by atoms with Gasteiger partial charge in [0, 0.05) is 20.8 Å². The Morgan fingerprint density at radius 1 is 1.08 bits per heavy atom. The molecular weight excluding hydrogens is 405 g/mol. The van der Waals surface area contributed by atoms with Gasteiger partial charge in [0.1, 0.15) is 4.88 Å². The number of thiophene rings is 1. The second-order valence-corrected chi connectivity index (χ2v) is 7.27. The fourth-order valence-electron chi connectivity index (χ4n) is 2.16. The summed E-state index contributed by atoms with van der Waals surface area (Å²) < 4.78 is 5.71. The van der Waals surface area contributed by atoms with Gasteiger partial charge < -0.3 is 10.1 Å². The van der Waals surface area contributed by atoms with Crippen LogP contribution in [0, 0.1) is 0 Å². The van der Waals surface area contributed by atoms with Crippen LogP contribution in [-0.4, -0.2) is 18.5 Å². The Hall–Kier alpha value is -1.79. The lowest BCUT2D eigenvalue weighted by Gasteiger charge is -2.05. The Morgan fingerprint density at radius 3 is 2.52 bits per heavy atom. The molecule has 128 valence electrons. The van der Waals surface area contributed by atoms with Crippen molar-refractivity contribution >= 4 is 73.8 Å². The summed E-state index contributed by atoms with van der Waals surface area (Å²) in [5.41, 5.74) is 0.616. The number of hydrogen-bond acceptors (Lipinski definition) is 4. The zero-order valence-corrected chi connectivity index (χ0v) is 15.6. The van der Waals surface area contributed by atoms with E-state index in [-0.39, 0.29) is 9.90 Å². The molecule has 25 heavy (non-hydrogen) atoms. The Labute approximate surface area is 162 Å².